The number of aromatic amines is 1. The first-order chi connectivity index (χ1) is 36.2. The number of piperidine rings is 1. The quantitative estimate of drug-likeness (QED) is 0.0846. The van der Waals surface area contributed by atoms with Gasteiger partial charge < -0.3 is 48.5 Å². The maximum Gasteiger partial charge on any atom is 0.297 e. The number of carbonyl (C=O) groups is 1. The van der Waals surface area contributed by atoms with Crippen LogP contribution in [0.15, 0.2) is 77.8 Å². The lowest BCUT2D eigenvalue weighted by atomic mass is 9.59. The molecule has 1 aliphatic carbocycles. The normalized spacial score (nSPS) is 24.6. The summed E-state index contributed by atoms with van der Waals surface area (Å²) in [7, 11) is -4.79. The van der Waals surface area contributed by atoms with E-state index >= 15 is 4.39 Å². The third-order valence-electron chi connectivity index (χ3n) is 16.6. The molecule has 4 saturated heterocycles. The van der Waals surface area contributed by atoms with E-state index in [0.717, 1.165) is 87.3 Å². The van der Waals surface area contributed by atoms with Crippen molar-refractivity contribution in [1.82, 2.24) is 19.6 Å². The summed E-state index contributed by atoms with van der Waals surface area (Å²) in [6, 6.07) is 18.9. The molecule has 12 rings (SSSR count). The second kappa shape index (κ2) is 19.7. The Morgan fingerprint density at radius 3 is 2.53 bits per heavy atom. The van der Waals surface area contributed by atoms with Gasteiger partial charge in [-0.05, 0) is 94.2 Å². The number of benzene rings is 3. The van der Waals surface area contributed by atoms with Crippen LogP contribution in [0.1, 0.15) is 87.2 Å². The van der Waals surface area contributed by atoms with Crippen LogP contribution >= 0.6 is 0 Å². The summed E-state index contributed by atoms with van der Waals surface area (Å²) < 4.78 is 83.1. The second-order valence-corrected chi connectivity index (χ2v) is 23.2. The smallest absolute Gasteiger partial charge is 0.297 e. The molecular formula is C54H63FN8O11S. The maximum atomic E-state index is 16.0. The third kappa shape index (κ3) is 9.37. The van der Waals surface area contributed by atoms with Crippen molar-refractivity contribution in [2.75, 3.05) is 81.0 Å². The molecule has 21 heteroatoms. The van der Waals surface area contributed by atoms with Gasteiger partial charge in [-0.25, -0.2) is 17.5 Å². The monoisotopic (exact) mass is 1050 g/mol. The van der Waals surface area contributed by atoms with Crippen LogP contribution in [-0.4, -0.2) is 136 Å². The Morgan fingerprint density at radius 2 is 1.73 bits per heavy atom. The van der Waals surface area contributed by atoms with Crippen LogP contribution in [0, 0.1) is 15.5 Å². The number of rotatable bonds is 11. The Morgan fingerprint density at radius 1 is 0.933 bits per heavy atom. The predicted molar refractivity (Wildman–Crippen MR) is 277 cm³/mol. The fourth-order valence-corrected chi connectivity index (χ4v) is 13.6. The minimum absolute atomic E-state index is 0.0545. The van der Waals surface area contributed by atoms with Gasteiger partial charge in [-0.1, -0.05) is 18.2 Å². The SMILES string of the molecule is CC(C)Oc1ccccc1[C@@H]1COCCCN1C1CC2(CCN(c3ccc(C(=O)NS(=O)(=O)c4cc5c(c([N+](=O)[O-])c4)N[C@H](C4(F)CCOCC4)CO5)c(N4c5cc6cc[nH]c6nc5O[C@H]5COCC[C@@H]54)c3)CC2)C1. The molecule has 3 N–H and O–H groups in total. The number of amides is 1. The van der Waals surface area contributed by atoms with E-state index in [1.54, 1.807) is 12.3 Å². The average Bonchev–Trinajstić information content (AvgIpc) is 3.72. The molecule has 4 atom stereocenters. The second-order valence-electron chi connectivity index (χ2n) is 21.5. The molecule has 3 aromatic carbocycles. The number of H-pyrrole nitrogens is 1. The topological polar surface area (TPSA) is 212 Å². The highest BCUT2D eigenvalue weighted by atomic mass is 32.2. The van der Waals surface area contributed by atoms with Crippen LogP contribution in [0.3, 0.4) is 0 Å². The Kier molecular flexibility index (Phi) is 13.0. The zero-order valence-electron chi connectivity index (χ0n) is 42.1. The van der Waals surface area contributed by atoms with Crippen LogP contribution in [0.4, 0.5) is 32.8 Å². The zero-order chi connectivity index (χ0) is 51.6. The van der Waals surface area contributed by atoms with E-state index < -0.39 is 49.3 Å². The Bertz CT molecular complexity index is 3100. The van der Waals surface area contributed by atoms with Crippen LogP contribution in [-0.2, 0) is 24.2 Å². The molecule has 0 radical (unpaired) electrons. The Labute approximate surface area is 434 Å². The van der Waals surface area contributed by atoms with Crippen LogP contribution in [0.2, 0.25) is 0 Å². The van der Waals surface area contributed by atoms with Gasteiger partial charge in [0.25, 0.3) is 21.6 Å². The Hall–Kier alpha value is -6.26. The minimum Gasteiger partial charge on any atom is -0.491 e. The van der Waals surface area contributed by atoms with Crippen molar-refractivity contribution < 1.29 is 50.9 Å². The first kappa shape index (κ1) is 49.6. The van der Waals surface area contributed by atoms with Crippen LogP contribution in [0.5, 0.6) is 17.4 Å². The van der Waals surface area contributed by atoms with Gasteiger partial charge in [-0.2, -0.15) is 4.98 Å². The van der Waals surface area contributed by atoms with Gasteiger partial charge in [0.05, 0.1) is 58.5 Å². The van der Waals surface area contributed by atoms with Crippen molar-refractivity contribution in [2.24, 2.45) is 5.41 Å². The number of carbonyl (C=O) groups excluding carboxylic acids is 1. The van der Waals surface area contributed by atoms with Gasteiger partial charge in [0.2, 0.25) is 5.88 Å². The molecule has 398 valence electrons. The van der Waals surface area contributed by atoms with Crippen molar-refractivity contribution in [3.8, 4) is 17.4 Å². The summed E-state index contributed by atoms with van der Waals surface area (Å²) >= 11 is 0. The Balaban J connectivity index is 0.835. The molecule has 1 amide bonds. The van der Waals surface area contributed by atoms with Crippen molar-refractivity contribution in [3.63, 3.8) is 0 Å². The molecule has 5 fully saturated rings. The lowest BCUT2D eigenvalue weighted by Gasteiger charge is -2.56. The number of hydrogen-bond donors (Lipinski definition) is 3. The number of pyridine rings is 1. The van der Waals surface area contributed by atoms with E-state index in [1.807, 2.05) is 35.2 Å². The number of nitro benzene ring substituents is 1. The van der Waals surface area contributed by atoms with E-state index in [-0.39, 0.29) is 79.9 Å². The summed E-state index contributed by atoms with van der Waals surface area (Å²) in [4.78, 5) is 41.1. The van der Waals surface area contributed by atoms with E-state index in [1.165, 1.54) is 5.56 Å². The lowest BCUT2D eigenvalue weighted by Crippen LogP contribution is -2.56. The molecular weight excluding hydrogens is 988 g/mol. The number of para-hydroxylation sites is 1. The number of nitro groups is 1. The van der Waals surface area contributed by atoms with Gasteiger partial charge in [-0.15, -0.1) is 0 Å². The molecule has 2 aromatic heterocycles. The summed E-state index contributed by atoms with van der Waals surface area (Å²) in [6.45, 7) is 8.86. The fraction of sp³-hybridized carbons (Fsp3) is 0.519. The van der Waals surface area contributed by atoms with Crippen molar-refractivity contribution in [2.45, 2.75) is 112 Å². The van der Waals surface area contributed by atoms with Gasteiger partial charge >= 0.3 is 0 Å². The molecule has 0 bridgehead atoms. The van der Waals surface area contributed by atoms with Gasteiger partial charge in [0.15, 0.2) is 11.4 Å². The molecule has 1 spiro atoms. The van der Waals surface area contributed by atoms with Gasteiger partial charge in [0, 0.05) is 99.9 Å². The standard InChI is InChI=1S/C54H63FN8O11S/c1-33(2)73-45-7-4-3-6-38(45)44-30-70-20-5-17-61(44)36-28-53(29-36)12-18-60(19-13-53)35-8-9-39(41(25-35)62-40-11-21-71-31-47(40)74-52-43(62)24-34-10-16-56-50(34)58-52)51(64)59-75(67,68)37-26-42(63(65)66)49-46(27-37)72-32-48(57-49)54(55)14-22-69-23-15-54/h3-4,6-10,16,24-27,33,36,40,44,47-48,57H,5,11-15,17-23,28-32H2,1-2H3,(H,56,58)(H,59,64)/t40-,44-,47-,48-/m0/s1. The van der Waals surface area contributed by atoms with Crippen LogP contribution < -0.4 is 34.0 Å². The van der Waals surface area contributed by atoms with Crippen LogP contribution in [0.25, 0.3) is 11.0 Å². The highest BCUT2D eigenvalue weighted by molar-refractivity contribution is 7.90. The minimum atomic E-state index is -4.79. The number of halogens is 1. The fourth-order valence-electron chi connectivity index (χ4n) is 12.6. The predicted octanol–water partition coefficient (Wildman–Crippen LogP) is 7.97. The molecule has 75 heavy (non-hydrogen) atoms. The lowest BCUT2D eigenvalue weighted by molar-refractivity contribution is -0.384. The number of hydrogen-bond acceptors (Lipinski definition) is 16. The van der Waals surface area contributed by atoms with E-state index in [2.05, 4.69) is 56.9 Å². The number of fused-ring (bicyclic) bond motifs is 4. The molecule has 7 aliphatic rings. The number of nitrogens with one attached hydrogen (secondary N) is 3. The van der Waals surface area contributed by atoms with Gasteiger partial charge in [0.1, 0.15) is 35.5 Å². The first-order valence-electron chi connectivity index (χ1n) is 26.3. The van der Waals surface area contributed by atoms with Gasteiger partial charge in [-0.3, -0.25) is 19.8 Å². The maximum absolute atomic E-state index is 16.0. The number of nitrogens with zero attached hydrogens (tertiary/aromatic N) is 5. The molecule has 1 saturated carbocycles. The van der Waals surface area contributed by atoms with E-state index in [0.29, 0.717) is 48.6 Å². The highest BCUT2D eigenvalue weighted by Crippen LogP contribution is 2.54. The molecule has 6 aliphatic heterocycles. The van der Waals surface area contributed by atoms with Crippen molar-refractivity contribution >= 4 is 55.4 Å². The van der Waals surface area contributed by atoms with Crippen molar-refractivity contribution in [3.05, 3.63) is 94.2 Å². The number of alkyl halides is 1. The summed E-state index contributed by atoms with van der Waals surface area (Å²) in [5, 5.41) is 16.3. The van der Waals surface area contributed by atoms with E-state index in [4.69, 9.17) is 33.4 Å². The molecule has 19 nitrogen and oxygen atoms in total. The number of aromatic nitrogens is 2. The molecule has 8 heterocycles. The molecule has 5 aromatic rings. The largest absolute Gasteiger partial charge is 0.491 e. The number of sulfonamides is 1. The summed E-state index contributed by atoms with van der Waals surface area (Å²) in [5.74, 6) is 0.153. The highest BCUT2D eigenvalue weighted by Gasteiger charge is 2.50. The number of ether oxygens (including phenoxy) is 6. The number of anilines is 4. The van der Waals surface area contributed by atoms with E-state index in [9.17, 15) is 23.3 Å². The van der Waals surface area contributed by atoms with Crippen molar-refractivity contribution in [1.29, 1.82) is 0 Å². The zero-order valence-corrected chi connectivity index (χ0v) is 42.9. The molecule has 0 unspecified atom stereocenters. The average molecular weight is 1050 g/mol. The first-order valence-corrected chi connectivity index (χ1v) is 27.8. The summed E-state index contributed by atoms with van der Waals surface area (Å²) in [5.41, 5.74) is 1.43. The third-order valence-corrected chi connectivity index (χ3v) is 17.9. The summed E-state index contributed by atoms with van der Waals surface area (Å²) in [6.07, 6.45) is 7.16.